The second-order valence-electron chi connectivity index (χ2n) is 5.58. The van der Waals surface area contributed by atoms with E-state index in [0.717, 1.165) is 19.0 Å². The Bertz CT molecular complexity index is 538. The lowest BCUT2D eigenvalue weighted by Crippen LogP contribution is -2.35. The molecule has 0 bridgehead atoms. The number of hydrogen-bond donors (Lipinski definition) is 1. The third-order valence-electron chi connectivity index (χ3n) is 4.13. The van der Waals surface area contributed by atoms with Gasteiger partial charge in [0.2, 0.25) is 0 Å². The maximum Gasteiger partial charge on any atom is 0.0346 e. The molecule has 1 aromatic carbocycles. The van der Waals surface area contributed by atoms with E-state index in [-0.39, 0.29) is 12.4 Å². The van der Waals surface area contributed by atoms with E-state index in [0.29, 0.717) is 0 Å². The molecular formula is C16H23ClN2S. The highest BCUT2D eigenvalue weighted by Crippen LogP contribution is 2.28. The number of halogens is 1. The van der Waals surface area contributed by atoms with Crippen molar-refractivity contribution in [3.8, 4) is 0 Å². The Morgan fingerprint density at radius 1 is 1.30 bits per heavy atom. The Morgan fingerprint density at radius 3 is 3.00 bits per heavy atom. The van der Waals surface area contributed by atoms with Gasteiger partial charge in [-0.25, -0.2) is 0 Å². The number of piperidine rings is 1. The van der Waals surface area contributed by atoms with Crippen LogP contribution in [0.4, 0.5) is 0 Å². The monoisotopic (exact) mass is 310 g/mol. The smallest absolute Gasteiger partial charge is 0.0346 e. The Kier molecular flexibility index (Phi) is 5.85. The summed E-state index contributed by atoms with van der Waals surface area (Å²) in [6.07, 6.45) is 3.87. The number of thiophene rings is 1. The van der Waals surface area contributed by atoms with Gasteiger partial charge in [0.05, 0.1) is 0 Å². The Balaban J connectivity index is 0.00000147. The van der Waals surface area contributed by atoms with Crippen molar-refractivity contribution in [2.24, 2.45) is 11.7 Å². The first-order valence-corrected chi connectivity index (χ1v) is 8.12. The number of nitrogens with zero attached hydrogens (tertiary/aromatic N) is 1. The van der Waals surface area contributed by atoms with Gasteiger partial charge >= 0.3 is 0 Å². The molecule has 2 nitrogen and oxygen atoms in total. The van der Waals surface area contributed by atoms with Crippen LogP contribution in [0.1, 0.15) is 24.8 Å². The fourth-order valence-electron chi connectivity index (χ4n) is 3.16. The molecule has 2 aromatic rings. The number of benzene rings is 1. The summed E-state index contributed by atoms with van der Waals surface area (Å²) in [7, 11) is 0. The van der Waals surface area contributed by atoms with Gasteiger partial charge in [-0.1, -0.05) is 18.2 Å². The van der Waals surface area contributed by atoms with Gasteiger partial charge in [-0.05, 0) is 60.7 Å². The zero-order chi connectivity index (χ0) is 13.1. The summed E-state index contributed by atoms with van der Waals surface area (Å²) >= 11 is 1.87. The highest BCUT2D eigenvalue weighted by molar-refractivity contribution is 7.17. The molecule has 1 atom stereocenters. The quantitative estimate of drug-likeness (QED) is 0.928. The minimum atomic E-state index is 0. The molecule has 2 N–H and O–H groups in total. The minimum absolute atomic E-state index is 0. The van der Waals surface area contributed by atoms with Gasteiger partial charge in [0.25, 0.3) is 0 Å². The van der Waals surface area contributed by atoms with Crippen LogP contribution < -0.4 is 5.73 Å². The summed E-state index contributed by atoms with van der Waals surface area (Å²) in [6, 6.07) is 8.74. The van der Waals surface area contributed by atoms with Crippen LogP contribution >= 0.6 is 23.7 Å². The Labute approximate surface area is 131 Å². The number of fused-ring (bicyclic) bond motifs is 1. The SMILES string of the molecule is Cl.NCCC1CCCN(Cc2csc3ccccc23)C1. The molecule has 0 aliphatic carbocycles. The van der Waals surface area contributed by atoms with E-state index in [2.05, 4.69) is 34.5 Å². The molecule has 20 heavy (non-hydrogen) atoms. The molecule has 2 heterocycles. The summed E-state index contributed by atoms with van der Waals surface area (Å²) < 4.78 is 1.41. The van der Waals surface area contributed by atoms with E-state index < -0.39 is 0 Å². The topological polar surface area (TPSA) is 29.3 Å². The predicted octanol–water partition coefficient (Wildman–Crippen LogP) is 3.88. The van der Waals surface area contributed by atoms with Crippen LogP contribution in [0.5, 0.6) is 0 Å². The van der Waals surface area contributed by atoms with E-state index in [9.17, 15) is 0 Å². The summed E-state index contributed by atoms with van der Waals surface area (Å²) in [5, 5.41) is 3.77. The van der Waals surface area contributed by atoms with Crippen LogP contribution in [-0.2, 0) is 6.54 Å². The number of hydrogen-bond acceptors (Lipinski definition) is 3. The zero-order valence-electron chi connectivity index (χ0n) is 11.8. The molecule has 1 aliphatic rings. The second kappa shape index (κ2) is 7.41. The molecule has 110 valence electrons. The summed E-state index contributed by atoms with van der Waals surface area (Å²) in [5.41, 5.74) is 7.19. The van der Waals surface area contributed by atoms with Crippen molar-refractivity contribution in [1.82, 2.24) is 4.90 Å². The zero-order valence-corrected chi connectivity index (χ0v) is 13.4. The summed E-state index contributed by atoms with van der Waals surface area (Å²) in [5.74, 6) is 0.809. The van der Waals surface area contributed by atoms with Gasteiger partial charge in [-0.2, -0.15) is 0 Å². The van der Waals surface area contributed by atoms with Gasteiger partial charge in [0, 0.05) is 17.8 Å². The molecule has 1 aliphatic heterocycles. The van der Waals surface area contributed by atoms with E-state index >= 15 is 0 Å². The van der Waals surface area contributed by atoms with Gasteiger partial charge < -0.3 is 5.73 Å². The fraction of sp³-hybridized carbons (Fsp3) is 0.500. The molecule has 1 saturated heterocycles. The van der Waals surface area contributed by atoms with Crippen molar-refractivity contribution in [2.75, 3.05) is 19.6 Å². The van der Waals surface area contributed by atoms with Crippen LogP contribution in [0, 0.1) is 5.92 Å². The van der Waals surface area contributed by atoms with Crippen LogP contribution in [0.3, 0.4) is 0 Å². The average Bonchev–Trinajstić information content (AvgIpc) is 2.83. The van der Waals surface area contributed by atoms with Gasteiger partial charge in [-0.15, -0.1) is 23.7 Å². The van der Waals surface area contributed by atoms with Crippen molar-refractivity contribution >= 4 is 33.8 Å². The van der Waals surface area contributed by atoms with Crippen LogP contribution in [0.25, 0.3) is 10.1 Å². The van der Waals surface area contributed by atoms with Gasteiger partial charge in [-0.3, -0.25) is 4.90 Å². The lowest BCUT2D eigenvalue weighted by molar-refractivity contribution is 0.163. The van der Waals surface area contributed by atoms with Crippen LogP contribution in [0.15, 0.2) is 29.6 Å². The first kappa shape index (κ1) is 15.8. The minimum Gasteiger partial charge on any atom is -0.330 e. The van der Waals surface area contributed by atoms with Crippen molar-refractivity contribution in [1.29, 1.82) is 0 Å². The van der Waals surface area contributed by atoms with Gasteiger partial charge in [0.15, 0.2) is 0 Å². The molecule has 4 heteroatoms. The van der Waals surface area contributed by atoms with E-state index in [1.807, 2.05) is 11.3 Å². The molecule has 1 fully saturated rings. The molecule has 0 amide bonds. The lowest BCUT2D eigenvalue weighted by Gasteiger charge is -2.32. The average molecular weight is 311 g/mol. The van der Waals surface area contributed by atoms with Crippen LogP contribution in [-0.4, -0.2) is 24.5 Å². The maximum absolute atomic E-state index is 5.70. The molecule has 3 rings (SSSR count). The summed E-state index contributed by atoms with van der Waals surface area (Å²) in [4.78, 5) is 2.61. The Hall–Kier alpha value is -0.610. The molecular weight excluding hydrogens is 288 g/mol. The highest BCUT2D eigenvalue weighted by Gasteiger charge is 2.20. The molecule has 0 spiro atoms. The van der Waals surface area contributed by atoms with Crippen LogP contribution in [0.2, 0.25) is 0 Å². The first-order valence-electron chi connectivity index (χ1n) is 7.24. The number of rotatable bonds is 4. The molecule has 0 saturated carbocycles. The number of nitrogens with two attached hydrogens (primary N) is 1. The second-order valence-corrected chi connectivity index (χ2v) is 6.49. The lowest BCUT2D eigenvalue weighted by atomic mass is 9.94. The molecule has 1 unspecified atom stereocenters. The molecule has 1 aromatic heterocycles. The summed E-state index contributed by atoms with van der Waals surface area (Å²) in [6.45, 7) is 4.40. The maximum atomic E-state index is 5.70. The largest absolute Gasteiger partial charge is 0.330 e. The van der Waals surface area contributed by atoms with Crippen molar-refractivity contribution in [3.05, 3.63) is 35.2 Å². The van der Waals surface area contributed by atoms with Crippen molar-refractivity contribution in [3.63, 3.8) is 0 Å². The highest BCUT2D eigenvalue weighted by atomic mass is 35.5. The predicted molar refractivity (Wildman–Crippen MR) is 90.7 cm³/mol. The van der Waals surface area contributed by atoms with Gasteiger partial charge in [0.1, 0.15) is 0 Å². The van der Waals surface area contributed by atoms with E-state index in [1.165, 1.54) is 48.0 Å². The molecule has 0 radical (unpaired) electrons. The first-order chi connectivity index (χ1) is 9.36. The van der Waals surface area contributed by atoms with E-state index in [4.69, 9.17) is 5.73 Å². The fourth-order valence-corrected chi connectivity index (χ4v) is 4.12. The number of likely N-dealkylation sites (tertiary alicyclic amines) is 1. The standard InChI is InChI=1S/C16H22N2S.ClH/c17-8-7-13-4-3-9-18(10-13)11-14-12-19-16-6-2-1-5-15(14)16;/h1-2,5-6,12-13H,3-4,7-11,17H2;1H. The van der Waals surface area contributed by atoms with E-state index in [1.54, 1.807) is 0 Å². The van der Waals surface area contributed by atoms with Crippen molar-refractivity contribution < 1.29 is 0 Å². The Morgan fingerprint density at radius 2 is 2.15 bits per heavy atom. The van der Waals surface area contributed by atoms with Crippen molar-refractivity contribution in [2.45, 2.75) is 25.8 Å². The third kappa shape index (κ3) is 3.53. The normalized spacial score (nSPS) is 19.9. The third-order valence-corrected chi connectivity index (χ3v) is 5.15.